The summed E-state index contributed by atoms with van der Waals surface area (Å²) in [7, 11) is 0. The van der Waals surface area contributed by atoms with Crippen LogP contribution in [0.15, 0.2) is 23.9 Å². The number of nitrogens with zero attached hydrogens (tertiary/aromatic N) is 1. The summed E-state index contributed by atoms with van der Waals surface area (Å²) in [6.07, 6.45) is 1.42. The van der Waals surface area contributed by atoms with Crippen molar-refractivity contribution in [2.45, 2.75) is 26.8 Å². The molecule has 5 nitrogen and oxygen atoms in total. The van der Waals surface area contributed by atoms with Crippen LogP contribution in [0.1, 0.15) is 26.3 Å². The van der Waals surface area contributed by atoms with Gasteiger partial charge in [-0.1, -0.05) is 49.2 Å². The molecule has 3 amide bonds. The Morgan fingerprint density at radius 2 is 1.96 bits per heavy atom. The Morgan fingerprint density at radius 1 is 1.30 bits per heavy atom. The highest BCUT2D eigenvalue weighted by atomic mass is 35.5. The van der Waals surface area contributed by atoms with Crippen LogP contribution in [0.2, 0.25) is 10.0 Å². The van der Waals surface area contributed by atoms with Gasteiger partial charge in [-0.05, 0) is 23.6 Å². The summed E-state index contributed by atoms with van der Waals surface area (Å²) in [6, 6.07) is 4.12. The monoisotopic (exact) mass is 354 g/mol. The number of imide groups is 1. The molecule has 1 fully saturated rings. The van der Waals surface area contributed by atoms with Crippen LogP contribution in [0.4, 0.5) is 0 Å². The standard InChI is InChI=1S/C16H16Cl2N2O3/c1-8(2)14-15(22)19-12(16(23)20(14)9(3)21)7-10-5-4-6-11(17)13(10)18/h4-8,14H,1-3H3,(H,19,22)/b12-7+/t14-/m0/s1. The number of hydrogen-bond acceptors (Lipinski definition) is 3. The largest absolute Gasteiger partial charge is 0.320 e. The van der Waals surface area contributed by atoms with Gasteiger partial charge in [0.05, 0.1) is 10.0 Å². The Bertz CT molecular complexity index is 713. The molecule has 23 heavy (non-hydrogen) atoms. The van der Waals surface area contributed by atoms with E-state index in [4.69, 9.17) is 23.2 Å². The summed E-state index contributed by atoms with van der Waals surface area (Å²) in [5.41, 5.74) is 0.473. The maximum atomic E-state index is 12.6. The second-order valence-corrected chi connectivity index (χ2v) is 6.36. The minimum absolute atomic E-state index is 0.00809. The zero-order valence-electron chi connectivity index (χ0n) is 12.9. The number of benzene rings is 1. The Kier molecular flexibility index (Phi) is 5.12. The lowest BCUT2D eigenvalue weighted by Gasteiger charge is -2.36. The molecule has 0 spiro atoms. The Balaban J connectivity index is 2.47. The fraction of sp³-hybridized carbons (Fsp3) is 0.312. The van der Waals surface area contributed by atoms with Crippen LogP contribution in [0.25, 0.3) is 6.08 Å². The molecule has 1 N–H and O–H groups in total. The molecule has 1 atom stereocenters. The van der Waals surface area contributed by atoms with Crippen LogP contribution in [0.5, 0.6) is 0 Å². The lowest BCUT2D eigenvalue weighted by Crippen LogP contribution is -2.60. The van der Waals surface area contributed by atoms with Gasteiger partial charge in [0, 0.05) is 6.92 Å². The molecule has 2 rings (SSSR count). The summed E-state index contributed by atoms with van der Waals surface area (Å²) < 4.78 is 0. The van der Waals surface area contributed by atoms with Gasteiger partial charge in [-0.25, -0.2) is 0 Å². The Morgan fingerprint density at radius 3 is 2.52 bits per heavy atom. The van der Waals surface area contributed by atoms with E-state index in [0.717, 1.165) is 4.90 Å². The van der Waals surface area contributed by atoms with Crippen molar-refractivity contribution < 1.29 is 14.4 Å². The zero-order valence-corrected chi connectivity index (χ0v) is 14.4. The number of rotatable bonds is 2. The van der Waals surface area contributed by atoms with Crippen LogP contribution >= 0.6 is 23.2 Å². The fourth-order valence-electron chi connectivity index (χ4n) is 2.46. The Hall–Kier alpha value is -1.85. The number of halogens is 2. The smallest absolute Gasteiger partial charge is 0.277 e. The van der Waals surface area contributed by atoms with E-state index >= 15 is 0 Å². The minimum Gasteiger partial charge on any atom is -0.320 e. The van der Waals surface area contributed by atoms with Crippen LogP contribution in [0.3, 0.4) is 0 Å². The summed E-state index contributed by atoms with van der Waals surface area (Å²) in [6.45, 7) is 4.81. The van der Waals surface area contributed by atoms with Gasteiger partial charge < -0.3 is 5.32 Å². The predicted molar refractivity (Wildman–Crippen MR) is 88.7 cm³/mol. The van der Waals surface area contributed by atoms with Gasteiger partial charge in [0.2, 0.25) is 11.8 Å². The average Bonchev–Trinajstić information content (AvgIpc) is 2.46. The molecule has 1 aliphatic rings. The van der Waals surface area contributed by atoms with Crippen molar-refractivity contribution in [3.8, 4) is 0 Å². The van der Waals surface area contributed by atoms with Crippen LogP contribution in [-0.2, 0) is 14.4 Å². The molecule has 0 radical (unpaired) electrons. The van der Waals surface area contributed by atoms with Crippen molar-refractivity contribution in [1.82, 2.24) is 10.2 Å². The molecular weight excluding hydrogens is 339 g/mol. The van der Waals surface area contributed by atoms with Crippen molar-refractivity contribution in [2.75, 3.05) is 0 Å². The van der Waals surface area contributed by atoms with E-state index in [-0.39, 0.29) is 16.6 Å². The normalized spacial score (nSPS) is 20.2. The van der Waals surface area contributed by atoms with Crippen LogP contribution in [-0.4, -0.2) is 28.7 Å². The summed E-state index contributed by atoms with van der Waals surface area (Å²) in [5, 5.41) is 3.15. The summed E-state index contributed by atoms with van der Waals surface area (Å²) in [5.74, 6) is -1.64. The number of nitrogens with one attached hydrogen (secondary N) is 1. The van der Waals surface area contributed by atoms with E-state index in [1.807, 2.05) is 0 Å². The third-order valence-electron chi connectivity index (χ3n) is 3.51. The minimum atomic E-state index is -0.827. The SMILES string of the molecule is CC(=O)N1C(=O)/C(=C\c2cccc(Cl)c2Cl)NC(=O)[C@@H]1C(C)C. The molecule has 0 bridgehead atoms. The van der Waals surface area contributed by atoms with Crippen LogP contribution in [0, 0.1) is 5.92 Å². The molecule has 1 aliphatic heterocycles. The second-order valence-electron chi connectivity index (χ2n) is 5.57. The topological polar surface area (TPSA) is 66.5 Å². The highest BCUT2D eigenvalue weighted by Gasteiger charge is 2.41. The predicted octanol–water partition coefficient (Wildman–Crippen LogP) is 2.86. The quantitative estimate of drug-likeness (QED) is 0.830. The molecule has 1 heterocycles. The van der Waals surface area contributed by atoms with E-state index in [2.05, 4.69) is 5.32 Å². The van der Waals surface area contributed by atoms with Gasteiger partial charge in [0.25, 0.3) is 5.91 Å². The fourth-order valence-corrected chi connectivity index (χ4v) is 2.82. The van der Waals surface area contributed by atoms with E-state index < -0.39 is 23.8 Å². The van der Waals surface area contributed by atoms with E-state index in [1.54, 1.807) is 32.0 Å². The Labute approximate surface area is 144 Å². The molecular formula is C16H16Cl2N2O3. The number of hydrogen-bond donors (Lipinski definition) is 1. The third-order valence-corrected chi connectivity index (χ3v) is 4.34. The lowest BCUT2D eigenvalue weighted by atomic mass is 9.98. The number of carbonyl (C=O) groups is 3. The first-order valence-corrected chi connectivity index (χ1v) is 7.80. The van der Waals surface area contributed by atoms with Gasteiger partial charge >= 0.3 is 0 Å². The van der Waals surface area contributed by atoms with Crippen molar-refractivity contribution >= 4 is 47.0 Å². The number of carbonyl (C=O) groups excluding carboxylic acids is 3. The molecule has 1 aromatic carbocycles. The summed E-state index contributed by atoms with van der Waals surface area (Å²) in [4.78, 5) is 37.7. The molecule has 0 unspecified atom stereocenters. The highest BCUT2D eigenvalue weighted by molar-refractivity contribution is 6.43. The molecule has 1 aromatic rings. The average molecular weight is 355 g/mol. The first-order valence-electron chi connectivity index (χ1n) is 7.04. The first kappa shape index (κ1) is 17.5. The molecule has 0 aliphatic carbocycles. The lowest BCUT2D eigenvalue weighted by molar-refractivity contribution is -0.153. The maximum Gasteiger partial charge on any atom is 0.277 e. The summed E-state index contributed by atoms with van der Waals surface area (Å²) >= 11 is 12.0. The van der Waals surface area contributed by atoms with Crippen LogP contribution < -0.4 is 5.32 Å². The van der Waals surface area contributed by atoms with Crippen molar-refractivity contribution in [2.24, 2.45) is 5.92 Å². The van der Waals surface area contributed by atoms with Gasteiger partial charge in [0.15, 0.2) is 0 Å². The highest BCUT2D eigenvalue weighted by Crippen LogP contribution is 2.28. The third kappa shape index (κ3) is 3.41. The molecule has 0 saturated carbocycles. The maximum absolute atomic E-state index is 12.6. The van der Waals surface area contributed by atoms with Gasteiger partial charge in [-0.15, -0.1) is 0 Å². The first-order chi connectivity index (χ1) is 10.7. The van der Waals surface area contributed by atoms with Crippen molar-refractivity contribution in [1.29, 1.82) is 0 Å². The molecule has 122 valence electrons. The van der Waals surface area contributed by atoms with Crippen molar-refractivity contribution in [3.05, 3.63) is 39.5 Å². The van der Waals surface area contributed by atoms with E-state index in [0.29, 0.717) is 10.6 Å². The van der Waals surface area contributed by atoms with Crippen molar-refractivity contribution in [3.63, 3.8) is 0 Å². The van der Waals surface area contributed by atoms with Gasteiger partial charge in [-0.2, -0.15) is 0 Å². The molecule has 0 aromatic heterocycles. The molecule has 7 heteroatoms. The second kappa shape index (κ2) is 6.72. The van der Waals surface area contributed by atoms with Gasteiger partial charge in [-0.3, -0.25) is 19.3 Å². The van der Waals surface area contributed by atoms with E-state index in [9.17, 15) is 14.4 Å². The van der Waals surface area contributed by atoms with Gasteiger partial charge in [0.1, 0.15) is 11.7 Å². The molecule has 1 saturated heterocycles. The number of amides is 3. The zero-order chi connectivity index (χ0) is 17.3. The number of piperazine rings is 1. The van der Waals surface area contributed by atoms with E-state index in [1.165, 1.54) is 13.0 Å².